The van der Waals surface area contributed by atoms with Crippen LogP contribution in [0, 0.1) is 0 Å². The number of carbonyl (C=O) groups is 1. The van der Waals surface area contributed by atoms with Gasteiger partial charge in [-0.3, -0.25) is 4.79 Å². The maximum Gasteiger partial charge on any atom is 0.220 e. The Kier molecular flexibility index (Phi) is 4.01. The van der Waals surface area contributed by atoms with Crippen molar-refractivity contribution in [3.05, 3.63) is 68.2 Å². The van der Waals surface area contributed by atoms with Crippen LogP contribution in [0.5, 0.6) is 0 Å². The number of aromatic nitrogens is 1. The van der Waals surface area contributed by atoms with E-state index < -0.39 is 0 Å². The normalized spacial score (nSPS) is 17.1. The van der Waals surface area contributed by atoms with E-state index in [1.165, 1.54) is 10.9 Å². The number of hydrogen-bond acceptors (Lipinski definition) is 1. The lowest BCUT2D eigenvalue weighted by molar-refractivity contribution is -0.130. The van der Waals surface area contributed by atoms with Crippen molar-refractivity contribution in [3.8, 4) is 0 Å². The third kappa shape index (κ3) is 2.60. The Bertz CT molecular complexity index is 930. The molecule has 1 atom stereocenters. The molecule has 0 spiro atoms. The quantitative estimate of drug-likeness (QED) is 0.547. The van der Waals surface area contributed by atoms with Crippen LogP contribution in [0.2, 0.25) is 0 Å². The van der Waals surface area contributed by atoms with Crippen LogP contribution in [0.25, 0.3) is 10.9 Å². The first kappa shape index (κ1) is 15.9. The molecule has 1 N–H and O–H groups in total. The lowest BCUT2D eigenvalue weighted by Gasteiger charge is -2.35. The second-order valence-corrected chi connectivity index (χ2v) is 7.95. The number of rotatable bonds is 1. The van der Waals surface area contributed by atoms with Crippen LogP contribution in [0.4, 0.5) is 0 Å². The maximum atomic E-state index is 12.2. The van der Waals surface area contributed by atoms with Gasteiger partial charge in [0.1, 0.15) is 0 Å². The highest BCUT2D eigenvalue weighted by atomic mass is 79.9. The van der Waals surface area contributed by atoms with Gasteiger partial charge in [0.2, 0.25) is 5.91 Å². The van der Waals surface area contributed by atoms with Crippen molar-refractivity contribution in [2.75, 3.05) is 6.54 Å². The average Bonchev–Trinajstić information content (AvgIpc) is 2.92. The van der Waals surface area contributed by atoms with Gasteiger partial charge in [-0.15, -0.1) is 0 Å². The molecule has 1 unspecified atom stereocenters. The fraction of sp³-hybridized carbons (Fsp3) is 0.211. The summed E-state index contributed by atoms with van der Waals surface area (Å²) >= 11 is 7.05. The van der Waals surface area contributed by atoms with Crippen molar-refractivity contribution in [1.29, 1.82) is 0 Å². The number of nitrogens with zero attached hydrogens (tertiary/aromatic N) is 1. The van der Waals surface area contributed by atoms with E-state index >= 15 is 0 Å². The first-order valence-electron chi connectivity index (χ1n) is 7.87. The van der Waals surface area contributed by atoms with Gasteiger partial charge in [-0.05, 0) is 47.9 Å². The van der Waals surface area contributed by atoms with E-state index in [1.54, 1.807) is 6.92 Å². The molecule has 2 aromatic carbocycles. The Labute approximate surface area is 157 Å². The minimum atomic E-state index is -0.0643. The summed E-state index contributed by atoms with van der Waals surface area (Å²) in [5, 5.41) is 1.24. The molecule has 0 bridgehead atoms. The van der Waals surface area contributed by atoms with E-state index in [2.05, 4.69) is 61.1 Å². The first-order valence-corrected chi connectivity index (χ1v) is 9.46. The Balaban J connectivity index is 1.93. The first-order chi connectivity index (χ1) is 11.5. The van der Waals surface area contributed by atoms with Crippen LogP contribution in [-0.2, 0) is 11.2 Å². The van der Waals surface area contributed by atoms with Crippen molar-refractivity contribution in [1.82, 2.24) is 9.88 Å². The molecule has 0 saturated carbocycles. The number of amides is 1. The van der Waals surface area contributed by atoms with Crippen LogP contribution in [0.3, 0.4) is 0 Å². The molecule has 1 aliphatic heterocycles. The molecule has 122 valence electrons. The number of fused-ring (bicyclic) bond motifs is 3. The van der Waals surface area contributed by atoms with E-state index in [1.807, 2.05) is 23.1 Å². The van der Waals surface area contributed by atoms with E-state index in [-0.39, 0.29) is 11.9 Å². The molecule has 5 heteroatoms. The fourth-order valence-corrected chi connectivity index (χ4v) is 4.22. The van der Waals surface area contributed by atoms with Gasteiger partial charge < -0.3 is 9.88 Å². The molecule has 1 aromatic heterocycles. The molecule has 24 heavy (non-hydrogen) atoms. The number of halogens is 2. The minimum absolute atomic E-state index is 0.0643. The van der Waals surface area contributed by atoms with Gasteiger partial charge >= 0.3 is 0 Å². The lowest BCUT2D eigenvalue weighted by Crippen LogP contribution is -2.39. The molecule has 3 nitrogen and oxygen atoms in total. The van der Waals surface area contributed by atoms with Crippen molar-refractivity contribution in [3.63, 3.8) is 0 Å². The molecular weight excluding hydrogens is 432 g/mol. The van der Waals surface area contributed by atoms with Crippen LogP contribution < -0.4 is 0 Å². The second kappa shape index (κ2) is 6.05. The minimum Gasteiger partial charge on any atom is -0.356 e. The third-order valence-electron chi connectivity index (χ3n) is 4.68. The van der Waals surface area contributed by atoms with Gasteiger partial charge in [0, 0.05) is 39.0 Å². The van der Waals surface area contributed by atoms with E-state index in [0.29, 0.717) is 0 Å². The number of carbonyl (C=O) groups excluding carboxylic acids is 1. The van der Waals surface area contributed by atoms with E-state index in [4.69, 9.17) is 0 Å². The Morgan fingerprint density at radius 3 is 2.54 bits per heavy atom. The molecule has 0 saturated heterocycles. The third-order valence-corrected chi connectivity index (χ3v) is 5.70. The molecule has 1 amide bonds. The SMILES string of the molecule is CC(=O)N1CCc2c([nH]c3ccc(Br)cc23)C1c1ccc(Br)cc1. The van der Waals surface area contributed by atoms with Crippen molar-refractivity contribution >= 4 is 48.7 Å². The summed E-state index contributed by atoms with van der Waals surface area (Å²) < 4.78 is 2.11. The van der Waals surface area contributed by atoms with Gasteiger partial charge in [-0.25, -0.2) is 0 Å². The fourth-order valence-electron chi connectivity index (χ4n) is 3.59. The maximum absolute atomic E-state index is 12.2. The van der Waals surface area contributed by atoms with E-state index in [9.17, 15) is 4.79 Å². The monoisotopic (exact) mass is 446 g/mol. The van der Waals surface area contributed by atoms with Gasteiger partial charge in [0.25, 0.3) is 0 Å². The Morgan fingerprint density at radius 1 is 1.12 bits per heavy atom. The second-order valence-electron chi connectivity index (χ2n) is 6.12. The van der Waals surface area contributed by atoms with Crippen molar-refractivity contribution in [2.45, 2.75) is 19.4 Å². The van der Waals surface area contributed by atoms with Gasteiger partial charge in [-0.1, -0.05) is 44.0 Å². The zero-order valence-electron chi connectivity index (χ0n) is 13.1. The smallest absolute Gasteiger partial charge is 0.220 e. The van der Waals surface area contributed by atoms with Crippen LogP contribution >= 0.6 is 31.9 Å². The van der Waals surface area contributed by atoms with Gasteiger partial charge in [0.15, 0.2) is 0 Å². The molecule has 0 aliphatic carbocycles. The lowest BCUT2D eigenvalue weighted by atomic mass is 9.92. The Hall–Kier alpha value is -1.59. The standard InChI is InChI=1S/C19H16Br2N2O/c1-11(24)23-9-8-15-16-10-14(21)6-7-17(16)22-18(15)19(23)12-2-4-13(20)5-3-12/h2-7,10,19,22H,8-9H2,1H3. The topological polar surface area (TPSA) is 36.1 Å². The average molecular weight is 448 g/mol. The molecular formula is C19H16Br2N2O. The zero-order valence-corrected chi connectivity index (χ0v) is 16.3. The van der Waals surface area contributed by atoms with Crippen LogP contribution in [0.15, 0.2) is 51.4 Å². The largest absolute Gasteiger partial charge is 0.356 e. The molecule has 0 fully saturated rings. The van der Waals surface area contributed by atoms with Crippen molar-refractivity contribution in [2.24, 2.45) is 0 Å². The highest BCUT2D eigenvalue weighted by Crippen LogP contribution is 2.39. The molecule has 3 aromatic rings. The highest BCUT2D eigenvalue weighted by molar-refractivity contribution is 9.10. The summed E-state index contributed by atoms with van der Waals surface area (Å²) in [5.41, 5.74) is 4.69. The molecule has 1 aliphatic rings. The van der Waals surface area contributed by atoms with Crippen LogP contribution in [0.1, 0.15) is 29.8 Å². The summed E-state index contributed by atoms with van der Waals surface area (Å²) in [4.78, 5) is 17.7. The summed E-state index contributed by atoms with van der Waals surface area (Å²) in [5.74, 6) is 0.105. The number of aromatic amines is 1. The summed E-state index contributed by atoms with van der Waals surface area (Å²) in [6.45, 7) is 2.39. The van der Waals surface area contributed by atoms with Crippen molar-refractivity contribution < 1.29 is 4.79 Å². The van der Waals surface area contributed by atoms with Crippen LogP contribution in [-0.4, -0.2) is 22.3 Å². The van der Waals surface area contributed by atoms with Gasteiger partial charge in [0.05, 0.1) is 6.04 Å². The molecule has 4 rings (SSSR count). The van der Waals surface area contributed by atoms with Gasteiger partial charge in [-0.2, -0.15) is 0 Å². The number of hydrogen-bond donors (Lipinski definition) is 1. The zero-order chi connectivity index (χ0) is 16.8. The predicted molar refractivity (Wildman–Crippen MR) is 103 cm³/mol. The molecule has 0 radical (unpaired) electrons. The summed E-state index contributed by atoms with van der Waals surface area (Å²) in [7, 11) is 0. The highest BCUT2D eigenvalue weighted by Gasteiger charge is 2.33. The predicted octanol–water partition coefficient (Wildman–Crippen LogP) is 5.19. The Morgan fingerprint density at radius 2 is 1.83 bits per heavy atom. The summed E-state index contributed by atoms with van der Waals surface area (Å²) in [6.07, 6.45) is 0.873. The number of nitrogens with one attached hydrogen (secondary N) is 1. The number of H-pyrrole nitrogens is 1. The summed E-state index contributed by atoms with van der Waals surface area (Å²) in [6, 6.07) is 14.5. The van der Waals surface area contributed by atoms with E-state index in [0.717, 1.165) is 38.7 Å². The molecule has 2 heterocycles. The number of benzene rings is 2.